The molecular formula is C16H20ClNO2. The van der Waals surface area contributed by atoms with Gasteiger partial charge in [-0.3, -0.25) is 4.79 Å². The fourth-order valence-corrected chi connectivity index (χ4v) is 2.69. The minimum absolute atomic E-state index is 0. The maximum absolute atomic E-state index is 12.1. The van der Waals surface area contributed by atoms with Gasteiger partial charge in [0.2, 0.25) is 0 Å². The predicted octanol–water partition coefficient (Wildman–Crippen LogP) is 3.91. The normalized spacial score (nSPS) is 16.0. The Balaban J connectivity index is 0.00000147. The minimum Gasteiger partial charge on any atom is -0.453 e. The Labute approximate surface area is 125 Å². The Morgan fingerprint density at radius 1 is 1.15 bits per heavy atom. The molecule has 20 heavy (non-hydrogen) atoms. The number of rotatable bonds is 4. The molecule has 1 aromatic heterocycles. The molecule has 1 fully saturated rings. The smallest absolute Gasteiger partial charge is 0.199 e. The Morgan fingerprint density at radius 2 is 1.90 bits per heavy atom. The molecule has 0 radical (unpaired) electrons. The van der Waals surface area contributed by atoms with Gasteiger partial charge in [0.25, 0.3) is 0 Å². The lowest BCUT2D eigenvalue weighted by Crippen LogP contribution is -2.31. The van der Waals surface area contributed by atoms with Crippen molar-refractivity contribution < 1.29 is 9.21 Å². The summed E-state index contributed by atoms with van der Waals surface area (Å²) < 4.78 is 5.60. The van der Waals surface area contributed by atoms with Crippen molar-refractivity contribution in [2.24, 2.45) is 0 Å². The first-order valence-electron chi connectivity index (χ1n) is 7.07. The molecule has 0 N–H and O–H groups in total. The number of Topliss-reactive ketones (excluding diaryl/α,β-unsaturated/α-hetero) is 1. The van der Waals surface area contributed by atoms with Crippen molar-refractivity contribution >= 4 is 29.2 Å². The fraction of sp³-hybridized carbons (Fsp3) is 0.438. The lowest BCUT2D eigenvalue weighted by Gasteiger charge is -2.25. The molecule has 0 saturated carbocycles. The molecule has 0 aliphatic carbocycles. The first-order chi connectivity index (χ1) is 9.33. The number of furan rings is 1. The number of fused-ring (bicyclic) bond motifs is 1. The van der Waals surface area contributed by atoms with Crippen LogP contribution in [-0.4, -0.2) is 30.3 Å². The highest BCUT2D eigenvalue weighted by Gasteiger charge is 2.15. The summed E-state index contributed by atoms with van der Waals surface area (Å²) in [7, 11) is 0. The Hall–Kier alpha value is -1.32. The number of ketones is 1. The molecule has 1 aliphatic heterocycles. The van der Waals surface area contributed by atoms with Gasteiger partial charge < -0.3 is 9.32 Å². The molecule has 1 saturated heterocycles. The van der Waals surface area contributed by atoms with E-state index in [2.05, 4.69) is 4.90 Å². The molecule has 0 atom stereocenters. The molecule has 108 valence electrons. The maximum atomic E-state index is 12.1. The number of piperidine rings is 1. The van der Waals surface area contributed by atoms with E-state index in [-0.39, 0.29) is 18.2 Å². The Morgan fingerprint density at radius 3 is 2.65 bits per heavy atom. The van der Waals surface area contributed by atoms with Crippen LogP contribution >= 0.6 is 12.4 Å². The van der Waals surface area contributed by atoms with Crippen molar-refractivity contribution in [1.82, 2.24) is 4.90 Å². The van der Waals surface area contributed by atoms with E-state index in [0.29, 0.717) is 12.2 Å². The average Bonchev–Trinajstić information content (AvgIpc) is 2.90. The molecule has 0 spiro atoms. The van der Waals surface area contributed by atoms with Crippen LogP contribution in [0.4, 0.5) is 0 Å². The summed E-state index contributed by atoms with van der Waals surface area (Å²) in [6.07, 6.45) is 4.41. The predicted molar refractivity (Wildman–Crippen MR) is 82.7 cm³/mol. The third-order valence-corrected chi connectivity index (χ3v) is 3.80. The van der Waals surface area contributed by atoms with Crippen molar-refractivity contribution in [3.05, 3.63) is 36.1 Å². The van der Waals surface area contributed by atoms with Gasteiger partial charge in [0.15, 0.2) is 11.5 Å². The molecule has 4 heteroatoms. The van der Waals surface area contributed by atoms with E-state index >= 15 is 0 Å². The summed E-state index contributed by atoms with van der Waals surface area (Å²) in [6.45, 7) is 3.12. The maximum Gasteiger partial charge on any atom is 0.199 e. The highest BCUT2D eigenvalue weighted by molar-refractivity contribution is 5.97. The largest absolute Gasteiger partial charge is 0.453 e. The van der Waals surface area contributed by atoms with Crippen LogP contribution in [0, 0.1) is 0 Å². The number of nitrogens with zero attached hydrogens (tertiary/aromatic N) is 1. The van der Waals surface area contributed by atoms with Crippen molar-refractivity contribution in [2.75, 3.05) is 19.6 Å². The van der Waals surface area contributed by atoms with Crippen LogP contribution < -0.4 is 0 Å². The standard InChI is InChI=1S/C16H19NO2.ClH/c18-14(8-11-17-9-4-1-5-10-17)16-12-13-6-2-3-7-15(13)19-16;/h2-3,6-7,12H,1,4-5,8-11H2;1H. The zero-order valence-corrected chi connectivity index (χ0v) is 12.3. The second-order valence-corrected chi connectivity index (χ2v) is 5.22. The van der Waals surface area contributed by atoms with Crippen molar-refractivity contribution in [1.29, 1.82) is 0 Å². The Kier molecular flexibility index (Phi) is 5.21. The number of halogens is 1. The van der Waals surface area contributed by atoms with Crippen LogP contribution in [0.2, 0.25) is 0 Å². The number of carbonyl (C=O) groups is 1. The lowest BCUT2D eigenvalue weighted by atomic mass is 10.1. The second kappa shape index (κ2) is 6.91. The molecule has 3 rings (SSSR count). The lowest BCUT2D eigenvalue weighted by molar-refractivity contribution is 0.0934. The van der Waals surface area contributed by atoms with Crippen LogP contribution in [-0.2, 0) is 0 Å². The summed E-state index contributed by atoms with van der Waals surface area (Å²) in [5.74, 6) is 0.611. The summed E-state index contributed by atoms with van der Waals surface area (Å²) in [6, 6.07) is 9.61. The number of carbonyl (C=O) groups excluding carboxylic acids is 1. The molecule has 0 unspecified atom stereocenters. The van der Waals surface area contributed by atoms with E-state index in [1.54, 1.807) is 0 Å². The number of likely N-dealkylation sites (tertiary alicyclic amines) is 1. The molecule has 0 amide bonds. The third kappa shape index (κ3) is 3.41. The van der Waals surface area contributed by atoms with Crippen molar-refractivity contribution in [2.45, 2.75) is 25.7 Å². The van der Waals surface area contributed by atoms with Gasteiger partial charge in [-0.15, -0.1) is 12.4 Å². The van der Waals surface area contributed by atoms with Gasteiger partial charge in [-0.05, 0) is 38.1 Å². The molecular weight excluding hydrogens is 274 g/mol. The highest BCUT2D eigenvalue weighted by Crippen LogP contribution is 2.20. The van der Waals surface area contributed by atoms with Gasteiger partial charge in [0.1, 0.15) is 5.58 Å². The van der Waals surface area contributed by atoms with Crippen molar-refractivity contribution in [3.63, 3.8) is 0 Å². The van der Waals surface area contributed by atoms with Crippen LogP contribution in [0.5, 0.6) is 0 Å². The molecule has 1 aliphatic rings. The first-order valence-corrected chi connectivity index (χ1v) is 7.07. The van der Waals surface area contributed by atoms with E-state index < -0.39 is 0 Å². The van der Waals surface area contributed by atoms with Gasteiger partial charge in [0, 0.05) is 18.4 Å². The van der Waals surface area contributed by atoms with Gasteiger partial charge in [-0.25, -0.2) is 0 Å². The fourth-order valence-electron chi connectivity index (χ4n) is 2.69. The number of hydrogen-bond acceptors (Lipinski definition) is 3. The third-order valence-electron chi connectivity index (χ3n) is 3.80. The minimum atomic E-state index is 0. The van der Waals surface area contributed by atoms with E-state index in [4.69, 9.17) is 4.42 Å². The summed E-state index contributed by atoms with van der Waals surface area (Å²) in [5, 5.41) is 1.00. The number of para-hydroxylation sites is 1. The highest BCUT2D eigenvalue weighted by atomic mass is 35.5. The van der Waals surface area contributed by atoms with Gasteiger partial charge >= 0.3 is 0 Å². The zero-order valence-electron chi connectivity index (χ0n) is 11.5. The SMILES string of the molecule is Cl.O=C(CCN1CCCCC1)c1cc2ccccc2o1. The average molecular weight is 294 g/mol. The van der Waals surface area contributed by atoms with Gasteiger partial charge in [-0.2, -0.15) is 0 Å². The molecule has 3 nitrogen and oxygen atoms in total. The first kappa shape index (κ1) is 15.1. The molecule has 1 aromatic carbocycles. The molecule has 2 aromatic rings. The van der Waals surface area contributed by atoms with E-state index in [0.717, 1.165) is 30.6 Å². The van der Waals surface area contributed by atoms with Crippen molar-refractivity contribution in [3.8, 4) is 0 Å². The van der Waals surface area contributed by atoms with E-state index in [1.807, 2.05) is 30.3 Å². The summed E-state index contributed by atoms with van der Waals surface area (Å²) in [5.41, 5.74) is 0.795. The summed E-state index contributed by atoms with van der Waals surface area (Å²) >= 11 is 0. The van der Waals surface area contributed by atoms with Crippen LogP contribution in [0.15, 0.2) is 34.7 Å². The number of hydrogen-bond donors (Lipinski definition) is 0. The summed E-state index contributed by atoms with van der Waals surface area (Å²) in [4.78, 5) is 14.5. The molecule has 0 bridgehead atoms. The van der Waals surface area contributed by atoms with Gasteiger partial charge in [-0.1, -0.05) is 24.6 Å². The second-order valence-electron chi connectivity index (χ2n) is 5.22. The molecule has 2 heterocycles. The van der Waals surface area contributed by atoms with Gasteiger partial charge in [0.05, 0.1) is 0 Å². The van der Waals surface area contributed by atoms with E-state index in [1.165, 1.54) is 19.3 Å². The number of benzene rings is 1. The zero-order chi connectivity index (χ0) is 13.1. The Bertz CT molecular complexity index is 540. The van der Waals surface area contributed by atoms with Crippen LogP contribution in [0.1, 0.15) is 36.2 Å². The monoisotopic (exact) mass is 293 g/mol. The van der Waals surface area contributed by atoms with Crippen LogP contribution in [0.25, 0.3) is 11.0 Å². The van der Waals surface area contributed by atoms with Crippen LogP contribution in [0.3, 0.4) is 0 Å². The quantitative estimate of drug-likeness (QED) is 0.801. The van der Waals surface area contributed by atoms with E-state index in [9.17, 15) is 4.79 Å². The topological polar surface area (TPSA) is 33.5 Å².